The molecular weight excluding hydrogens is 521 g/mol. The number of anilines is 2. The van der Waals surface area contributed by atoms with Crippen LogP contribution in [0.1, 0.15) is 12.8 Å². The van der Waals surface area contributed by atoms with Gasteiger partial charge in [0.2, 0.25) is 16.0 Å². The number of halogens is 2. The van der Waals surface area contributed by atoms with Crippen molar-refractivity contribution >= 4 is 54.8 Å². The van der Waals surface area contributed by atoms with Crippen LogP contribution >= 0.6 is 23.2 Å². The summed E-state index contributed by atoms with van der Waals surface area (Å²) in [4.78, 5) is 8.43. The van der Waals surface area contributed by atoms with Crippen molar-refractivity contribution in [1.29, 1.82) is 0 Å². The first kappa shape index (κ1) is 26.2. The molecule has 0 aliphatic rings. The molecule has 0 aliphatic heterocycles. The summed E-state index contributed by atoms with van der Waals surface area (Å²) in [7, 11) is -7.13. The lowest BCUT2D eigenvalue weighted by atomic mass is 10.1. The standard InChI is InChI=1S/C21H23Cl2N5O4S2/c1-33(29,30)14-7-9-15(10-8-14)34(31,32)26-12-3-2-11-25-19-13-18(27-21(24)28-19)16-5-4-6-17(22)20(16)23/h4-10,13,26H,2-3,11-12H2,1H3,(H3,24,25,27,28). The first-order chi connectivity index (χ1) is 16.0. The predicted molar refractivity (Wildman–Crippen MR) is 134 cm³/mol. The quantitative estimate of drug-likeness (QED) is 0.329. The Balaban J connectivity index is 1.51. The second kappa shape index (κ2) is 10.9. The number of hydrogen-bond acceptors (Lipinski definition) is 8. The third-order valence-corrected chi connectivity index (χ3v) is 8.16. The maximum atomic E-state index is 12.4. The summed E-state index contributed by atoms with van der Waals surface area (Å²) in [5.41, 5.74) is 6.98. The minimum absolute atomic E-state index is 0.00157. The molecule has 0 saturated heterocycles. The van der Waals surface area contributed by atoms with Crippen LogP contribution in [-0.4, -0.2) is 46.1 Å². The van der Waals surface area contributed by atoms with Gasteiger partial charge in [0, 0.05) is 31.0 Å². The monoisotopic (exact) mass is 543 g/mol. The molecule has 0 fully saturated rings. The van der Waals surface area contributed by atoms with Gasteiger partial charge in [-0.1, -0.05) is 35.3 Å². The van der Waals surface area contributed by atoms with Crippen LogP contribution in [0.3, 0.4) is 0 Å². The topological polar surface area (TPSA) is 144 Å². The van der Waals surface area contributed by atoms with Crippen LogP contribution in [0.5, 0.6) is 0 Å². The normalized spacial score (nSPS) is 12.0. The molecule has 0 spiro atoms. The molecule has 0 unspecified atom stereocenters. The second-order valence-electron chi connectivity index (χ2n) is 7.37. The minimum Gasteiger partial charge on any atom is -0.370 e. The van der Waals surface area contributed by atoms with Crippen LogP contribution in [0, 0.1) is 0 Å². The van der Waals surface area contributed by atoms with Crippen LogP contribution in [0.4, 0.5) is 11.8 Å². The van der Waals surface area contributed by atoms with Crippen LogP contribution in [-0.2, 0) is 19.9 Å². The zero-order chi connectivity index (χ0) is 24.9. The van der Waals surface area contributed by atoms with Crippen molar-refractivity contribution in [3.05, 3.63) is 58.6 Å². The highest BCUT2D eigenvalue weighted by Crippen LogP contribution is 2.33. The summed E-state index contributed by atoms with van der Waals surface area (Å²) < 4.78 is 50.3. The fourth-order valence-electron chi connectivity index (χ4n) is 3.02. The summed E-state index contributed by atoms with van der Waals surface area (Å²) in [6.07, 6.45) is 2.26. The molecule has 0 atom stereocenters. The summed E-state index contributed by atoms with van der Waals surface area (Å²) in [5.74, 6) is 0.579. The van der Waals surface area contributed by atoms with E-state index in [0.717, 1.165) is 6.26 Å². The largest absolute Gasteiger partial charge is 0.370 e. The SMILES string of the molecule is CS(=O)(=O)c1ccc(S(=O)(=O)NCCCCNc2cc(-c3cccc(Cl)c3Cl)nc(N)n2)cc1. The van der Waals surface area contributed by atoms with Crippen LogP contribution in [0.25, 0.3) is 11.3 Å². The van der Waals surface area contributed by atoms with Crippen LogP contribution in [0.2, 0.25) is 10.0 Å². The van der Waals surface area contributed by atoms with Gasteiger partial charge in [-0.05, 0) is 43.2 Å². The number of aromatic nitrogens is 2. The first-order valence-electron chi connectivity index (χ1n) is 10.1. The summed E-state index contributed by atoms with van der Waals surface area (Å²) in [6.45, 7) is 0.733. The van der Waals surface area contributed by atoms with E-state index in [4.69, 9.17) is 28.9 Å². The number of nitrogens with zero attached hydrogens (tertiary/aromatic N) is 2. The maximum Gasteiger partial charge on any atom is 0.240 e. The molecule has 4 N–H and O–H groups in total. The molecule has 2 aromatic carbocycles. The van der Waals surface area contributed by atoms with E-state index in [1.165, 1.54) is 24.3 Å². The van der Waals surface area contributed by atoms with Crippen molar-refractivity contribution in [3.63, 3.8) is 0 Å². The Bertz CT molecular complexity index is 1380. The van der Waals surface area contributed by atoms with E-state index < -0.39 is 19.9 Å². The third kappa shape index (κ3) is 6.80. The van der Waals surface area contributed by atoms with Gasteiger partial charge in [-0.3, -0.25) is 0 Å². The zero-order valence-corrected chi connectivity index (χ0v) is 21.3. The fraction of sp³-hybridized carbons (Fsp3) is 0.238. The zero-order valence-electron chi connectivity index (χ0n) is 18.1. The Morgan fingerprint density at radius 1 is 0.912 bits per heavy atom. The number of benzene rings is 2. The average Bonchev–Trinajstić information content (AvgIpc) is 2.77. The van der Waals surface area contributed by atoms with E-state index in [2.05, 4.69) is 20.0 Å². The van der Waals surface area contributed by atoms with Gasteiger partial charge in [0.15, 0.2) is 9.84 Å². The van der Waals surface area contributed by atoms with Crippen molar-refractivity contribution < 1.29 is 16.8 Å². The van der Waals surface area contributed by atoms with Crippen LogP contribution in [0.15, 0.2) is 58.3 Å². The number of sulfonamides is 1. The highest BCUT2D eigenvalue weighted by Gasteiger charge is 2.15. The van der Waals surface area contributed by atoms with Gasteiger partial charge >= 0.3 is 0 Å². The number of nitrogens with one attached hydrogen (secondary N) is 2. The van der Waals surface area contributed by atoms with E-state index in [9.17, 15) is 16.8 Å². The molecule has 0 radical (unpaired) electrons. The van der Waals surface area contributed by atoms with Gasteiger partial charge in [-0.25, -0.2) is 26.5 Å². The smallest absolute Gasteiger partial charge is 0.240 e. The Hall–Kier alpha value is -2.44. The number of nitrogen functional groups attached to an aromatic ring is 1. The van der Waals surface area contributed by atoms with Crippen molar-refractivity contribution in [2.45, 2.75) is 22.6 Å². The maximum absolute atomic E-state index is 12.4. The molecule has 0 saturated carbocycles. The van der Waals surface area contributed by atoms with Gasteiger partial charge in [0.1, 0.15) is 5.82 Å². The van der Waals surface area contributed by atoms with Gasteiger partial charge in [-0.2, -0.15) is 4.98 Å². The van der Waals surface area contributed by atoms with E-state index in [0.29, 0.717) is 46.5 Å². The second-order valence-corrected chi connectivity index (χ2v) is 11.9. The van der Waals surface area contributed by atoms with Crippen molar-refractivity contribution in [2.75, 3.05) is 30.4 Å². The molecular formula is C21H23Cl2N5O4S2. The lowest BCUT2D eigenvalue weighted by Crippen LogP contribution is -2.25. The Morgan fingerprint density at radius 2 is 1.56 bits per heavy atom. The van der Waals surface area contributed by atoms with Crippen LogP contribution < -0.4 is 15.8 Å². The molecule has 34 heavy (non-hydrogen) atoms. The number of nitrogens with two attached hydrogens (primary N) is 1. The molecule has 3 rings (SSSR count). The Kier molecular flexibility index (Phi) is 8.37. The lowest BCUT2D eigenvalue weighted by Gasteiger charge is -2.10. The molecule has 0 aliphatic carbocycles. The number of sulfone groups is 1. The molecule has 1 heterocycles. The lowest BCUT2D eigenvalue weighted by molar-refractivity contribution is 0.577. The average molecular weight is 544 g/mol. The Labute approximate surface area is 208 Å². The highest BCUT2D eigenvalue weighted by molar-refractivity contribution is 7.90. The highest BCUT2D eigenvalue weighted by atomic mass is 35.5. The van der Waals surface area contributed by atoms with E-state index >= 15 is 0 Å². The minimum atomic E-state index is -3.74. The predicted octanol–water partition coefficient (Wildman–Crippen LogP) is 3.61. The molecule has 13 heteroatoms. The van der Waals surface area contributed by atoms with Gasteiger partial charge in [0.25, 0.3) is 0 Å². The van der Waals surface area contributed by atoms with Crippen molar-refractivity contribution in [2.24, 2.45) is 0 Å². The molecule has 3 aromatic rings. The Morgan fingerprint density at radius 3 is 2.24 bits per heavy atom. The van der Waals surface area contributed by atoms with E-state index in [1.807, 2.05) is 0 Å². The number of rotatable bonds is 10. The van der Waals surface area contributed by atoms with Gasteiger partial charge in [-0.15, -0.1) is 0 Å². The van der Waals surface area contributed by atoms with Gasteiger partial charge < -0.3 is 11.1 Å². The molecule has 9 nitrogen and oxygen atoms in total. The van der Waals surface area contributed by atoms with Crippen molar-refractivity contribution in [3.8, 4) is 11.3 Å². The van der Waals surface area contributed by atoms with E-state index in [-0.39, 0.29) is 22.3 Å². The van der Waals surface area contributed by atoms with E-state index in [1.54, 1.807) is 24.3 Å². The number of unbranched alkanes of at least 4 members (excludes halogenated alkanes) is 1. The molecule has 182 valence electrons. The summed E-state index contributed by atoms with van der Waals surface area (Å²) >= 11 is 12.3. The number of hydrogen-bond donors (Lipinski definition) is 3. The third-order valence-electron chi connectivity index (χ3n) is 4.73. The van der Waals surface area contributed by atoms with Crippen molar-refractivity contribution in [1.82, 2.24) is 14.7 Å². The van der Waals surface area contributed by atoms with Gasteiger partial charge in [0.05, 0.1) is 25.5 Å². The first-order valence-corrected chi connectivity index (χ1v) is 14.2. The molecule has 1 aromatic heterocycles. The fourth-order valence-corrected chi connectivity index (χ4v) is 5.12. The molecule has 0 bridgehead atoms. The summed E-state index contributed by atoms with van der Waals surface area (Å²) in [5, 5.41) is 3.91. The summed E-state index contributed by atoms with van der Waals surface area (Å²) in [6, 6.07) is 12.0. The molecule has 0 amide bonds.